The van der Waals surface area contributed by atoms with Crippen molar-refractivity contribution in [3.63, 3.8) is 0 Å². The van der Waals surface area contributed by atoms with Crippen LogP contribution in [0, 0.1) is 13.8 Å². The van der Waals surface area contributed by atoms with Crippen molar-refractivity contribution in [3.8, 4) is 0 Å². The molecule has 2 heterocycles. The number of hydrogen-bond donors (Lipinski definition) is 0. The first kappa shape index (κ1) is 14.1. The number of anilines is 1. The predicted octanol–water partition coefficient (Wildman–Crippen LogP) is 1.48. The molecular weight excluding hydrogens is 260 g/mol. The summed E-state index contributed by atoms with van der Waals surface area (Å²) in [4.78, 5) is 24.5. The van der Waals surface area contributed by atoms with Crippen LogP contribution >= 0.6 is 11.8 Å². The van der Waals surface area contributed by atoms with Crippen LogP contribution in [0.4, 0.5) is 5.82 Å². The van der Waals surface area contributed by atoms with Gasteiger partial charge in [-0.05, 0) is 20.1 Å². The quantitative estimate of drug-likeness (QED) is 0.607. The van der Waals surface area contributed by atoms with Crippen LogP contribution in [-0.4, -0.2) is 53.2 Å². The minimum atomic E-state index is 0.153. The van der Waals surface area contributed by atoms with E-state index >= 15 is 0 Å². The normalized spacial score (nSPS) is 15.8. The molecule has 5 nitrogen and oxygen atoms in total. The summed E-state index contributed by atoms with van der Waals surface area (Å²) in [7, 11) is 0. The molecule has 1 aromatic rings. The first-order valence-electron chi connectivity index (χ1n) is 6.42. The van der Waals surface area contributed by atoms with Crippen molar-refractivity contribution in [2.24, 2.45) is 0 Å². The Bertz CT molecular complexity index is 484. The van der Waals surface area contributed by atoms with Crippen LogP contribution in [0.25, 0.3) is 0 Å². The lowest BCUT2D eigenvalue weighted by atomic mass is 10.2. The van der Waals surface area contributed by atoms with E-state index in [1.165, 1.54) is 0 Å². The zero-order chi connectivity index (χ0) is 14.0. The molecular formula is C13H20N4OS. The Labute approximate surface area is 118 Å². The SMILES string of the molecule is CSc1nc(C)c(C)c(N2CCN(C(C)=O)CC2)n1. The lowest BCUT2D eigenvalue weighted by Crippen LogP contribution is -2.48. The summed E-state index contributed by atoms with van der Waals surface area (Å²) in [5.74, 6) is 1.17. The number of amides is 1. The molecule has 1 aromatic heterocycles. The molecule has 2 rings (SSSR count). The van der Waals surface area contributed by atoms with Crippen LogP contribution in [0.5, 0.6) is 0 Å². The summed E-state index contributed by atoms with van der Waals surface area (Å²) >= 11 is 1.56. The van der Waals surface area contributed by atoms with E-state index in [1.807, 2.05) is 18.1 Å². The number of aromatic nitrogens is 2. The van der Waals surface area contributed by atoms with Gasteiger partial charge in [0, 0.05) is 44.4 Å². The lowest BCUT2D eigenvalue weighted by Gasteiger charge is -2.35. The predicted molar refractivity (Wildman–Crippen MR) is 77.8 cm³/mol. The van der Waals surface area contributed by atoms with Crippen molar-refractivity contribution in [1.29, 1.82) is 0 Å². The van der Waals surface area contributed by atoms with E-state index in [2.05, 4.69) is 21.8 Å². The van der Waals surface area contributed by atoms with Crippen molar-refractivity contribution in [2.45, 2.75) is 25.9 Å². The van der Waals surface area contributed by atoms with Gasteiger partial charge in [0.15, 0.2) is 5.16 Å². The van der Waals surface area contributed by atoms with Crippen LogP contribution < -0.4 is 4.90 Å². The summed E-state index contributed by atoms with van der Waals surface area (Å²) in [6.45, 7) is 8.92. The molecule has 6 heteroatoms. The zero-order valence-corrected chi connectivity index (χ0v) is 12.8. The van der Waals surface area contributed by atoms with Crippen LogP contribution in [-0.2, 0) is 4.79 Å². The molecule has 0 N–H and O–H groups in total. The largest absolute Gasteiger partial charge is 0.353 e. The summed E-state index contributed by atoms with van der Waals surface area (Å²) < 4.78 is 0. The van der Waals surface area contributed by atoms with Gasteiger partial charge < -0.3 is 9.80 Å². The molecule has 0 aromatic carbocycles. The average molecular weight is 280 g/mol. The van der Waals surface area contributed by atoms with Crippen LogP contribution in [0.15, 0.2) is 5.16 Å². The van der Waals surface area contributed by atoms with Gasteiger partial charge in [-0.25, -0.2) is 9.97 Å². The van der Waals surface area contributed by atoms with E-state index in [9.17, 15) is 4.79 Å². The number of piperazine rings is 1. The molecule has 1 saturated heterocycles. The Kier molecular flexibility index (Phi) is 4.29. The van der Waals surface area contributed by atoms with Crippen molar-refractivity contribution < 1.29 is 4.79 Å². The number of nitrogens with zero attached hydrogens (tertiary/aromatic N) is 4. The van der Waals surface area contributed by atoms with Crippen molar-refractivity contribution in [1.82, 2.24) is 14.9 Å². The molecule has 1 amide bonds. The highest BCUT2D eigenvalue weighted by molar-refractivity contribution is 7.98. The standard InChI is InChI=1S/C13H20N4OS/c1-9-10(2)14-13(19-4)15-12(9)17-7-5-16(6-8-17)11(3)18/h5-8H2,1-4H3. The molecule has 19 heavy (non-hydrogen) atoms. The second-order valence-electron chi connectivity index (χ2n) is 4.74. The smallest absolute Gasteiger partial charge is 0.219 e. The fraction of sp³-hybridized carbons (Fsp3) is 0.615. The Morgan fingerprint density at radius 3 is 2.32 bits per heavy atom. The zero-order valence-electron chi connectivity index (χ0n) is 11.9. The monoisotopic (exact) mass is 280 g/mol. The number of rotatable bonds is 2. The molecule has 0 radical (unpaired) electrons. The third-order valence-corrected chi connectivity index (χ3v) is 4.10. The highest BCUT2D eigenvalue weighted by atomic mass is 32.2. The maximum absolute atomic E-state index is 11.3. The summed E-state index contributed by atoms with van der Waals surface area (Å²) in [6.07, 6.45) is 1.99. The maximum atomic E-state index is 11.3. The number of carbonyl (C=O) groups excluding carboxylic acids is 1. The van der Waals surface area contributed by atoms with Gasteiger partial charge in [-0.1, -0.05) is 11.8 Å². The van der Waals surface area contributed by atoms with Crippen LogP contribution in [0.1, 0.15) is 18.2 Å². The van der Waals surface area contributed by atoms with Gasteiger partial charge in [-0.2, -0.15) is 0 Å². The van der Waals surface area contributed by atoms with Gasteiger partial charge in [-0.3, -0.25) is 4.79 Å². The molecule has 0 aliphatic carbocycles. The van der Waals surface area contributed by atoms with Crippen molar-refractivity contribution in [2.75, 3.05) is 37.3 Å². The number of thioether (sulfide) groups is 1. The van der Waals surface area contributed by atoms with Crippen molar-refractivity contribution in [3.05, 3.63) is 11.3 Å². The minimum absolute atomic E-state index is 0.153. The molecule has 1 aliphatic rings. The third kappa shape index (κ3) is 3.00. The van der Waals surface area contributed by atoms with Gasteiger partial charge in [-0.15, -0.1) is 0 Å². The summed E-state index contributed by atoms with van der Waals surface area (Å²) in [5, 5.41) is 0.812. The lowest BCUT2D eigenvalue weighted by molar-refractivity contribution is -0.129. The van der Waals surface area contributed by atoms with Crippen molar-refractivity contribution >= 4 is 23.5 Å². The van der Waals surface area contributed by atoms with Crippen LogP contribution in [0.2, 0.25) is 0 Å². The van der Waals surface area contributed by atoms with E-state index in [0.717, 1.165) is 48.4 Å². The second kappa shape index (κ2) is 5.77. The topological polar surface area (TPSA) is 49.3 Å². The third-order valence-electron chi connectivity index (χ3n) is 3.55. The van der Waals surface area contributed by atoms with Gasteiger partial charge in [0.1, 0.15) is 5.82 Å². The molecule has 0 unspecified atom stereocenters. The number of aryl methyl sites for hydroxylation is 1. The second-order valence-corrected chi connectivity index (χ2v) is 5.51. The fourth-order valence-electron chi connectivity index (χ4n) is 2.22. The maximum Gasteiger partial charge on any atom is 0.219 e. The van der Waals surface area contributed by atoms with E-state index in [-0.39, 0.29) is 5.91 Å². The summed E-state index contributed by atoms with van der Waals surface area (Å²) in [5.41, 5.74) is 2.16. The molecule has 0 spiro atoms. The first-order chi connectivity index (χ1) is 9.02. The van der Waals surface area contributed by atoms with E-state index < -0.39 is 0 Å². The number of carbonyl (C=O) groups is 1. The Balaban J connectivity index is 2.19. The molecule has 1 aliphatic heterocycles. The molecule has 0 atom stereocenters. The number of hydrogen-bond acceptors (Lipinski definition) is 5. The Hall–Kier alpha value is -1.30. The van der Waals surface area contributed by atoms with E-state index in [4.69, 9.17) is 0 Å². The minimum Gasteiger partial charge on any atom is -0.353 e. The van der Waals surface area contributed by atoms with E-state index in [1.54, 1.807) is 18.7 Å². The highest BCUT2D eigenvalue weighted by Gasteiger charge is 2.22. The Morgan fingerprint density at radius 2 is 1.79 bits per heavy atom. The molecule has 104 valence electrons. The van der Waals surface area contributed by atoms with Crippen LogP contribution in [0.3, 0.4) is 0 Å². The average Bonchev–Trinajstić information content (AvgIpc) is 2.41. The first-order valence-corrected chi connectivity index (χ1v) is 7.65. The van der Waals surface area contributed by atoms with Gasteiger partial charge in [0.25, 0.3) is 0 Å². The van der Waals surface area contributed by atoms with Gasteiger partial charge in [0.2, 0.25) is 5.91 Å². The van der Waals surface area contributed by atoms with Gasteiger partial charge in [0.05, 0.1) is 0 Å². The molecule has 0 saturated carbocycles. The highest BCUT2D eigenvalue weighted by Crippen LogP contribution is 2.23. The van der Waals surface area contributed by atoms with Gasteiger partial charge >= 0.3 is 0 Å². The van der Waals surface area contributed by atoms with E-state index in [0.29, 0.717) is 0 Å². The Morgan fingerprint density at radius 1 is 1.16 bits per heavy atom. The molecule has 1 fully saturated rings. The fourth-order valence-corrected chi connectivity index (χ4v) is 2.63. The molecule has 0 bridgehead atoms. The summed E-state index contributed by atoms with van der Waals surface area (Å²) in [6, 6.07) is 0.